The zero-order valence-corrected chi connectivity index (χ0v) is 8.97. The molecule has 0 unspecified atom stereocenters. The Hall–Kier alpha value is -1.52. The molecule has 0 aromatic heterocycles. The van der Waals surface area contributed by atoms with Crippen LogP contribution in [0.3, 0.4) is 0 Å². The van der Waals surface area contributed by atoms with Crippen molar-refractivity contribution in [2.45, 2.75) is 31.1 Å². The molecule has 0 amide bonds. The summed E-state index contributed by atoms with van der Waals surface area (Å²) in [5.74, 6) is -5.46. The van der Waals surface area contributed by atoms with Gasteiger partial charge in [0, 0.05) is 5.56 Å². The van der Waals surface area contributed by atoms with E-state index < -0.39 is 28.8 Å². The second-order valence-electron chi connectivity index (χ2n) is 4.32. The van der Waals surface area contributed by atoms with Crippen molar-refractivity contribution in [3.63, 3.8) is 0 Å². The summed E-state index contributed by atoms with van der Waals surface area (Å²) < 4.78 is 39.6. The van der Waals surface area contributed by atoms with Gasteiger partial charge in [-0.25, -0.2) is 13.2 Å². The molecular weight excluding hydrogens is 233 g/mol. The SMILES string of the molecule is O=C(O)C1(c2ccc(F)c(F)c2F)CCCC1. The largest absolute Gasteiger partial charge is 0.481 e. The van der Waals surface area contributed by atoms with Crippen LogP contribution in [0.5, 0.6) is 0 Å². The van der Waals surface area contributed by atoms with Crippen LogP contribution >= 0.6 is 0 Å². The van der Waals surface area contributed by atoms with Gasteiger partial charge in [-0.05, 0) is 18.9 Å². The van der Waals surface area contributed by atoms with Crippen LogP contribution in [0.1, 0.15) is 31.2 Å². The van der Waals surface area contributed by atoms with Gasteiger partial charge in [-0.1, -0.05) is 18.9 Å². The molecule has 0 heterocycles. The average molecular weight is 244 g/mol. The molecule has 0 aliphatic heterocycles. The Labute approximate surface area is 96.1 Å². The zero-order valence-electron chi connectivity index (χ0n) is 8.97. The number of hydrogen-bond acceptors (Lipinski definition) is 1. The summed E-state index contributed by atoms with van der Waals surface area (Å²) in [5.41, 5.74) is -1.65. The number of rotatable bonds is 2. The topological polar surface area (TPSA) is 37.3 Å². The van der Waals surface area contributed by atoms with Gasteiger partial charge in [0.25, 0.3) is 0 Å². The van der Waals surface area contributed by atoms with E-state index in [0.29, 0.717) is 12.8 Å². The van der Waals surface area contributed by atoms with Gasteiger partial charge in [0.1, 0.15) is 0 Å². The number of aliphatic carboxylic acids is 1. The first-order valence-corrected chi connectivity index (χ1v) is 5.36. The van der Waals surface area contributed by atoms with Gasteiger partial charge >= 0.3 is 5.97 Å². The highest BCUT2D eigenvalue weighted by molar-refractivity contribution is 5.81. The lowest BCUT2D eigenvalue weighted by Gasteiger charge is -2.24. The highest BCUT2D eigenvalue weighted by Crippen LogP contribution is 2.42. The standard InChI is InChI=1S/C12H11F3O2/c13-8-4-3-7(9(14)10(8)15)12(11(16)17)5-1-2-6-12/h3-4H,1-2,5-6H2,(H,16,17). The Morgan fingerprint density at radius 2 is 1.71 bits per heavy atom. The summed E-state index contributed by atoms with van der Waals surface area (Å²) in [5, 5.41) is 9.22. The second kappa shape index (κ2) is 4.05. The first-order valence-electron chi connectivity index (χ1n) is 5.36. The number of halogens is 3. The van der Waals surface area contributed by atoms with E-state index >= 15 is 0 Å². The van der Waals surface area contributed by atoms with Gasteiger partial charge < -0.3 is 5.11 Å². The van der Waals surface area contributed by atoms with Crippen molar-refractivity contribution in [3.8, 4) is 0 Å². The Bertz CT molecular complexity index is 465. The predicted molar refractivity (Wildman–Crippen MR) is 54.1 cm³/mol. The van der Waals surface area contributed by atoms with Gasteiger partial charge in [-0.2, -0.15) is 0 Å². The van der Waals surface area contributed by atoms with Crippen molar-refractivity contribution in [2.24, 2.45) is 0 Å². The molecule has 5 heteroatoms. The number of hydrogen-bond donors (Lipinski definition) is 1. The minimum atomic E-state index is -1.60. The number of carbonyl (C=O) groups is 1. The van der Waals surface area contributed by atoms with Gasteiger partial charge in [-0.3, -0.25) is 4.79 Å². The third kappa shape index (κ3) is 1.69. The molecule has 0 bridgehead atoms. The quantitative estimate of drug-likeness (QED) is 0.812. The molecular formula is C12H11F3O2. The van der Waals surface area contributed by atoms with Crippen LogP contribution in [-0.4, -0.2) is 11.1 Å². The summed E-state index contributed by atoms with van der Waals surface area (Å²) in [6.07, 6.45) is 1.80. The summed E-state index contributed by atoms with van der Waals surface area (Å²) in [6, 6.07) is 1.81. The molecule has 2 nitrogen and oxygen atoms in total. The van der Waals surface area contributed by atoms with Gasteiger partial charge in [0.05, 0.1) is 5.41 Å². The maximum Gasteiger partial charge on any atom is 0.314 e. The lowest BCUT2D eigenvalue weighted by atomic mass is 9.78. The molecule has 1 aromatic carbocycles. The van der Waals surface area contributed by atoms with Crippen LogP contribution in [-0.2, 0) is 10.2 Å². The second-order valence-corrected chi connectivity index (χ2v) is 4.32. The maximum atomic E-state index is 13.6. The Morgan fingerprint density at radius 1 is 1.12 bits per heavy atom. The van der Waals surface area contributed by atoms with E-state index in [1.807, 2.05) is 0 Å². The molecule has 0 atom stereocenters. The van der Waals surface area contributed by atoms with Crippen molar-refractivity contribution >= 4 is 5.97 Å². The van der Waals surface area contributed by atoms with Crippen molar-refractivity contribution in [2.75, 3.05) is 0 Å². The van der Waals surface area contributed by atoms with E-state index in [2.05, 4.69) is 0 Å². The smallest absolute Gasteiger partial charge is 0.314 e. The minimum Gasteiger partial charge on any atom is -0.481 e. The van der Waals surface area contributed by atoms with Crippen molar-refractivity contribution in [3.05, 3.63) is 35.1 Å². The number of carboxylic acids is 1. The fraction of sp³-hybridized carbons (Fsp3) is 0.417. The van der Waals surface area contributed by atoms with Crippen LogP contribution < -0.4 is 0 Å². The van der Waals surface area contributed by atoms with E-state index in [0.717, 1.165) is 12.1 Å². The van der Waals surface area contributed by atoms with Crippen molar-refractivity contribution in [1.82, 2.24) is 0 Å². The molecule has 1 aliphatic carbocycles. The monoisotopic (exact) mass is 244 g/mol. The molecule has 92 valence electrons. The molecule has 0 saturated heterocycles. The zero-order chi connectivity index (χ0) is 12.6. The first kappa shape index (κ1) is 12.0. The molecule has 1 N–H and O–H groups in total. The van der Waals surface area contributed by atoms with E-state index in [1.165, 1.54) is 0 Å². The fourth-order valence-corrected chi connectivity index (χ4v) is 2.47. The molecule has 1 aromatic rings. The van der Waals surface area contributed by atoms with E-state index in [-0.39, 0.29) is 18.4 Å². The van der Waals surface area contributed by atoms with Crippen molar-refractivity contribution < 1.29 is 23.1 Å². The lowest BCUT2D eigenvalue weighted by molar-refractivity contribution is -0.143. The maximum absolute atomic E-state index is 13.6. The normalized spacial score (nSPS) is 18.3. The molecule has 1 fully saturated rings. The molecule has 1 aliphatic rings. The third-order valence-electron chi connectivity index (χ3n) is 3.42. The number of benzene rings is 1. The van der Waals surface area contributed by atoms with Crippen molar-refractivity contribution in [1.29, 1.82) is 0 Å². The fourth-order valence-electron chi connectivity index (χ4n) is 2.47. The third-order valence-corrected chi connectivity index (χ3v) is 3.42. The van der Waals surface area contributed by atoms with Crippen LogP contribution in [0, 0.1) is 17.5 Å². The Kier molecular flexibility index (Phi) is 2.85. The van der Waals surface area contributed by atoms with Crippen LogP contribution in [0.2, 0.25) is 0 Å². The first-order chi connectivity index (χ1) is 7.99. The molecule has 17 heavy (non-hydrogen) atoms. The average Bonchev–Trinajstić information content (AvgIpc) is 2.76. The van der Waals surface area contributed by atoms with E-state index in [9.17, 15) is 23.1 Å². The molecule has 0 spiro atoms. The summed E-state index contributed by atoms with van der Waals surface area (Å²) >= 11 is 0. The summed E-state index contributed by atoms with van der Waals surface area (Å²) in [4.78, 5) is 11.3. The van der Waals surface area contributed by atoms with Crippen LogP contribution in [0.25, 0.3) is 0 Å². The lowest BCUT2D eigenvalue weighted by Crippen LogP contribution is -2.34. The van der Waals surface area contributed by atoms with E-state index in [1.54, 1.807) is 0 Å². The Morgan fingerprint density at radius 3 is 2.24 bits per heavy atom. The molecule has 1 saturated carbocycles. The Balaban J connectivity index is 2.59. The highest BCUT2D eigenvalue weighted by Gasteiger charge is 2.45. The predicted octanol–water partition coefficient (Wildman–Crippen LogP) is 3.00. The van der Waals surface area contributed by atoms with Crippen LogP contribution in [0.15, 0.2) is 12.1 Å². The number of carboxylic acid groups (broad SMARTS) is 1. The van der Waals surface area contributed by atoms with Gasteiger partial charge in [0.2, 0.25) is 0 Å². The minimum absolute atomic E-state index is 0.249. The van der Waals surface area contributed by atoms with E-state index in [4.69, 9.17) is 0 Å². The van der Waals surface area contributed by atoms with Gasteiger partial charge in [0.15, 0.2) is 17.5 Å². The molecule has 0 radical (unpaired) electrons. The summed E-state index contributed by atoms with van der Waals surface area (Å²) in [7, 11) is 0. The van der Waals surface area contributed by atoms with Gasteiger partial charge in [-0.15, -0.1) is 0 Å². The van der Waals surface area contributed by atoms with Crippen LogP contribution in [0.4, 0.5) is 13.2 Å². The highest BCUT2D eigenvalue weighted by atomic mass is 19.2. The summed E-state index contributed by atoms with van der Waals surface area (Å²) in [6.45, 7) is 0. The molecule has 2 rings (SSSR count).